The smallest absolute Gasteiger partial charge is 0.289 e. The Bertz CT molecular complexity index is 796. The van der Waals surface area contributed by atoms with Gasteiger partial charge in [-0.2, -0.15) is 8.42 Å². The van der Waals surface area contributed by atoms with Gasteiger partial charge in [0.25, 0.3) is 0 Å². The molecule has 0 saturated heterocycles. The van der Waals surface area contributed by atoms with Gasteiger partial charge in [0.1, 0.15) is 0 Å². The first kappa shape index (κ1) is 16.5. The normalized spacial score (nSPS) is 12.2. The first-order valence-corrected chi connectivity index (χ1v) is 10.0. The van der Waals surface area contributed by atoms with Gasteiger partial charge in [-0.05, 0) is 22.8 Å². The maximum Gasteiger partial charge on any atom is 0.317 e. The standard InChI is InChI=1S/C14H9BrO.Cl2O2S/c15-8-9-5-6-11-10-3-1-2-4-12(10)14(16)13(11)7-9;1-5(2,3)4/h1-7H,8H2;. The number of halogens is 3. The van der Waals surface area contributed by atoms with E-state index >= 15 is 0 Å². The minimum Gasteiger partial charge on any atom is -0.289 e. The highest BCUT2D eigenvalue weighted by Crippen LogP contribution is 2.36. The number of carbonyl (C=O) groups is 1. The molecule has 3 nitrogen and oxygen atoms in total. The third-order valence-electron chi connectivity index (χ3n) is 2.94. The van der Waals surface area contributed by atoms with Crippen LogP contribution in [0.5, 0.6) is 0 Å². The zero-order chi connectivity index (χ0) is 15.6. The molecule has 0 saturated carbocycles. The molecule has 3 rings (SSSR count). The largest absolute Gasteiger partial charge is 0.317 e. The van der Waals surface area contributed by atoms with Gasteiger partial charge >= 0.3 is 8.26 Å². The van der Waals surface area contributed by atoms with Crippen LogP contribution in [0.3, 0.4) is 0 Å². The number of ketones is 1. The first-order valence-electron chi connectivity index (χ1n) is 5.78. The second-order valence-electron chi connectivity index (χ2n) is 4.27. The molecular weight excluding hydrogens is 399 g/mol. The quantitative estimate of drug-likeness (QED) is 0.440. The van der Waals surface area contributed by atoms with Crippen molar-refractivity contribution in [1.29, 1.82) is 0 Å². The number of alkyl halides is 1. The number of hydrogen-bond donors (Lipinski definition) is 0. The molecule has 0 bridgehead atoms. The number of fused-ring (bicyclic) bond motifs is 3. The summed E-state index contributed by atoms with van der Waals surface area (Å²) in [6, 6.07) is 13.9. The van der Waals surface area contributed by atoms with E-state index in [1.54, 1.807) is 0 Å². The van der Waals surface area contributed by atoms with E-state index in [-0.39, 0.29) is 5.78 Å². The van der Waals surface area contributed by atoms with E-state index in [1.807, 2.05) is 36.4 Å². The fourth-order valence-corrected chi connectivity index (χ4v) is 2.51. The summed E-state index contributed by atoms with van der Waals surface area (Å²) in [4.78, 5) is 12.1. The molecule has 0 amide bonds. The van der Waals surface area contributed by atoms with E-state index in [2.05, 4.69) is 43.4 Å². The van der Waals surface area contributed by atoms with E-state index in [9.17, 15) is 4.79 Å². The second kappa shape index (κ2) is 6.48. The molecule has 0 N–H and O–H groups in total. The summed E-state index contributed by atoms with van der Waals surface area (Å²) in [7, 11) is 4.81. The predicted octanol–water partition coefficient (Wildman–Crippen LogP) is 4.50. The molecule has 0 aromatic heterocycles. The van der Waals surface area contributed by atoms with Crippen LogP contribution < -0.4 is 0 Å². The Morgan fingerprint density at radius 1 is 0.905 bits per heavy atom. The van der Waals surface area contributed by atoms with Gasteiger partial charge in [-0.3, -0.25) is 4.79 Å². The molecule has 0 atom stereocenters. The average Bonchev–Trinajstić information content (AvgIpc) is 2.71. The van der Waals surface area contributed by atoms with Crippen LogP contribution in [0.4, 0.5) is 0 Å². The predicted molar refractivity (Wildman–Crippen MR) is 88.6 cm³/mol. The van der Waals surface area contributed by atoms with Crippen molar-refractivity contribution in [3.63, 3.8) is 0 Å². The Morgan fingerprint density at radius 3 is 2.00 bits per heavy atom. The van der Waals surface area contributed by atoms with E-state index in [0.717, 1.165) is 33.1 Å². The molecule has 21 heavy (non-hydrogen) atoms. The Hall–Kier alpha value is -0.880. The fourth-order valence-electron chi connectivity index (χ4n) is 2.16. The first-order chi connectivity index (χ1) is 9.81. The third kappa shape index (κ3) is 4.07. The minimum absolute atomic E-state index is 0.147. The highest BCUT2D eigenvalue weighted by Gasteiger charge is 2.25. The topological polar surface area (TPSA) is 51.2 Å². The van der Waals surface area contributed by atoms with E-state index < -0.39 is 8.26 Å². The lowest BCUT2D eigenvalue weighted by molar-refractivity contribution is 0.104. The lowest BCUT2D eigenvalue weighted by Gasteiger charge is -2.01. The van der Waals surface area contributed by atoms with Gasteiger partial charge in [0.05, 0.1) is 0 Å². The third-order valence-corrected chi connectivity index (χ3v) is 3.59. The summed E-state index contributed by atoms with van der Waals surface area (Å²) in [6.07, 6.45) is 0. The molecule has 110 valence electrons. The van der Waals surface area contributed by atoms with Crippen LogP contribution in [0.1, 0.15) is 21.5 Å². The number of rotatable bonds is 1. The van der Waals surface area contributed by atoms with Gasteiger partial charge in [0, 0.05) is 37.8 Å². The van der Waals surface area contributed by atoms with E-state index in [0.29, 0.717) is 0 Å². The lowest BCUT2D eigenvalue weighted by atomic mass is 10.0. The second-order valence-corrected chi connectivity index (χ2v) is 8.50. The SMILES string of the molecule is O=C1c2ccccc2-c2ccc(CBr)cc21.O=S(=O)(Cl)Cl. The highest BCUT2D eigenvalue weighted by molar-refractivity contribution is 9.08. The molecular formula is C14H9BrCl2O3S. The minimum atomic E-state index is -3.72. The summed E-state index contributed by atoms with van der Waals surface area (Å²) < 4.78 is 18.3. The van der Waals surface area contributed by atoms with Crippen LogP contribution in [0.2, 0.25) is 0 Å². The molecule has 2 aromatic rings. The lowest BCUT2D eigenvalue weighted by Crippen LogP contribution is -1.95. The molecule has 1 aliphatic carbocycles. The number of carbonyl (C=O) groups excluding carboxylic acids is 1. The van der Waals surface area contributed by atoms with Crippen LogP contribution in [0, 0.1) is 0 Å². The monoisotopic (exact) mass is 406 g/mol. The molecule has 0 spiro atoms. The van der Waals surface area contributed by atoms with Crippen LogP contribution in [-0.2, 0) is 13.6 Å². The summed E-state index contributed by atoms with van der Waals surface area (Å²) in [5.41, 5.74) is 4.91. The molecule has 0 radical (unpaired) electrons. The van der Waals surface area contributed by atoms with Crippen molar-refractivity contribution < 1.29 is 13.2 Å². The molecule has 0 unspecified atom stereocenters. The Balaban J connectivity index is 0.000000282. The Labute approximate surface area is 139 Å². The van der Waals surface area contributed by atoms with Gasteiger partial charge in [-0.25, -0.2) is 0 Å². The van der Waals surface area contributed by atoms with Gasteiger partial charge < -0.3 is 0 Å². The van der Waals surface area contributed by atoms with E-state index in [4.69, 9.17) is 8.42 Å². The van der Waals surface area contributed by atoms with E-state index in [1.165, 1.54) is 0 Å². The fraction of sp³-hybridized carbons (Fsp3) is 0.0714. The molecule has 1 aliphatic rings. The van der Waals surface area contributed by atoms with Crippen molar-refractivity contribution in [1.82, 2.24) is 0 Å². The van der Waals surface area contributed by atoms with Crippen molar-refractivity contribution in [2.75, 3.05) is 0 Å². The van der Waals surface area contributed by atoms with Gasteiger partial charge in [0.15, 0.2) is 5.78 Å². The number of hydrogen-bond acceptors (Lipinski definition) is 3. The van der Waals surface area contributed by atoms with Crippen LogP contribution in [0.25, 0.3) is 11.1 Å². The van der Waals surface area contributed by atoms with Crippen molar-refractivity contribution in [2.24, 2.45) is 0 Å². The molecule has 0 fully saturated rings. The summed E-state index contributed by atoms with van der Waals surface area (Å²) in [5.74, 6) is 0.147. The van der Waals surface area contributed by atoms with Crippen molar-refractivity contribution in [3.8, 4) is 11.1 Å². The summed E-state index contributed by atoms with van der Waals surface area (Å²) in [5, 5.41) is 0.782. The van der Waals surface area contributed by atoms with Gasteiger partial charge in [0.2, 0.25) is 0 Å². The zero-order valence-electron chi connectivity index (χ0n) is 10.5. The maximum atomic E-state index is 12.1. The van der Waals surface area contributed by atoms with Gasteiger partial charge in [-0.1, -0.05) is 52.3 Å². The Kier molecular flexibility index (Phi) is 5.09. The van der Waals surface area contributed by atoms with Crippen molar-refractivity contribution in [3.05, 3.63) is 59.2 Å². The van der Waals surface area contributed by atoms with Gasteiger partial charge in [-0.15, -0.1) is 0 Å². The number of benzene rings is 2. The molecule has 7 heteroatoms. The Morgan fingerprint density at radius 2 is 1.43 bits per heavy atom. The zero-order valence-corrected chi connectivity index (χ0v) is 14.4. The highest BCUT2D eigenvalue weighted by atomic mass is 79.9. The maximum absolute atomic E-state index is 12.1. The van der Waals surface area contributed by atoms with Crippen molar-refractivity contribution in [2.45, 2.75) is 5.33 Å². The van der Waals surface area contributed by atoms with Crippen LogP contribution >= 0.6 is 37.3 Å². The molecule has 0 aliphatic heterocycles. The van der Waals surface area contributed by atoms with Crippen molar-refractivity contribution >= 4 is 51.3 Å². The molecule has 0 heterocycles. The van der Waals surface area contributed by atoms with Crippen LogP contribution in [-0.4, -0.2) is 14.2 Å². The summed E-state index contributed by atoms with van der Waals surface area (Å²) >= 11 is 3.41. The van der Waals surface area contributed by atoms with Crippen LogP contribution in [0.15, 0.2) is 42.5 Å². The summed E-state index contributed by atoms with van der Waals surface area (Å²) in [6.45, 7) is 0. The molecule has 2 aromatic carbocycles. The average molecular weight is 408 g/mol.